The largest absolute Gasteiger partial charge is 0.464 e. The number of rotatable bonds is 5. The van der Waals surface area contributed by atoms with E-state index in [1.165, 1.54) is 37.2 Å². The fourth-order valence-electron chi connectivity index (χ4n) is 2.13. The van der Waals surface area contributed by atoms with E-state index in [2.05, 4.69) is 35.1 Å². The highest BCUT2D eigenvalue weighted by Crippen LogP contribution is 2.14. The summed E-state index contributed by atoms with van der Waals surface area (Å²) in [6.07, 6.45) is 3.00. The third kappa shape index (κ3) is 4.18. The molecule has 3 rings (SSSR count). The molecular formula is C17H13ClN6O4. The number of hydrogen-bond acceptors (Lipinski definition) is 9. The van der Waals surface area contributed by atoms with Crippen molar-refractivity contribution in [2.45, 2.75) is 0 Å². The van der Waals surface area contributed by atoms with E-state index >= 15 is 0 Å². The standard InChI is InChI=1S/C17H13ClN6O4/c1-27-16(25)13-9-10(15(21-19-13)17(26)28-2)3-8-14-20-23-24(22-14)12-6-4-11(18)5-7-12/h3-9H,1-2H3/b8-3+. The lowest BCUT2D eigenvalue weighted by molar-refractivity contribution is 0.0573. The van der Waals surface area contributed by atoms with Gasteiger partial charge in [-0.1, -0.05) is 11.6 Å². The van der Waals surface area contributed by atoms with Gasteiger partial charge in [0, 0.05) is 10.6 Å². The van der Waals surface area contributed by atoms with Crippen molar-refractivity contribution < 1.29 is 19.1 Å². The Balaban J connectivity index is 1.91. The normalized spacial score (nSPS) is 10.8. The van der Waals surface area contributed by atoms with Crippen molar-refractivity contribution >= 4 is 35.7 Å². The molecule has 0 aliphatic heterocycles. The summed E-state index contributed by atoms with van der Waals surface area (Å²) in [6.45, 7) is 0. The number of hydrogen-bond donors (Lipinski definition) is 0. The van der Waals surface area contributed by atoms with Gasteiger partial charge < -0.3 is 9.47 Å². The molecule has 3 aromatic rings. The first-order valence-electron chi connectivity index (χ1n) is 7.80. The highest BCUT2D eigenvalue weighted by Gasteiger charge is 2.17. The van der Waals surface area contributed by atoms with Crippen LogP contribution in [0.2, 0.25) is 5.02 Å². The summed E-state index contributed by atoms with van der Waals surface area (Å²) in [6, 6.07) is 8.24. The van der Waals surface area contributed by atoms with Crippen LogP contribution in [0.3, 0.4) is 0 Å². The number of aromatic nitrogens is 6. The van der Waals surface area contributed by atoms with Crippen molar-refractivity contribution in [2.75, 3.05) is 14.2 Å². The van der Waals surface area contributed by atoms with Crippen LogP contribution >= 0.6 is 11.6 Å². The predicted octanol–water partition coefficient (Wildman–Crippen LogP) is 1.85. The third-order valence-corrected chi connectivity index (χ3v) is 3.75. The van der Waals surface area contributed by atoms with Crippen LogP contribution in [0.1, 0.15) is 32.4 Å². The molecule has 0 N–H and O–H groups in total. The quantitative estimate of drug-likeness (QED) is 0.590. The Labute approximate surface area is 163 Å². The highest BCUT2D eigenvalue weighted by molar-refractivity contribution is 6.30. The minimum absolute atomic E-state index is 0.0624. The van der Waals surface area contributed by atoms with Crippen molar-refractivity contribution in [3.8, 4) is 5.69 Å². The Bertz CT molecular complexity index is 1050. The summed E-state index contributed by atoms with van der Waals surface area (Å²) in [5, 5.41) is 20.1. The zero-order chi connectivity index (χ0) is 20.1. The van der Waals surface area contributed by atoms with Crippen LogP contribution in [-0.2, 0) is 9.47 Å². The number of nitrogens with zero attached hydrogens (tertiary/aromatic N) is 6. The van der Waals surface area contributed by atoms with Gasteiger partial charge in [-0.05, 0) is 47.7 Å². The van der Waals surface area contributed by atoms with Crippen LogP contribution in [0.25, 0.3) is 17.8 Å². The Kier molecular flexibility index (Phi) is 5.70. The number of ether oxygens (including phenoxy) is 2. The summed E-state index contributed by atoms with van der Waals surface area (Å²) in [5.41, 5.74) is 0.819. The molecule has 2 heterocycles. The van der Waals surface area contributed by atoms with Crippen molar-refractivity contribution in [3.63, 3.8) is 0 Å². The van der Waals surface area contributed by atoms with Gasteiger partial charge in [-0.3, -0.25) is 0 Å². The summed E-state index contributed by atoms with van der Waals surface area (Å²) >= 11 is 5.86. The zero-order valence-corrected chi connectivity index (χ0v) is 15.5. The second-order valence-electron chi connectivity index (χ2n) is 5.26. The lowest BCUT2D eigenvalue weighted by Gasteiger charge is -2.04. The lowest BCUT2D eigenvalue weighted by Crippen LogP contribution is -2.13. The maximum Gasteiger partial charge on any atom is 0.359 e. The van der Waals surface area contributed by atoms with E-state index < -0.39 is 11.9 Å². The molecule has 0 atom stereocenters. The molecule has 10 nitrogen and oxygen atoms in total. The molecular weight excluding hydrogens is 388 g/mol. The molecule has 0 fully saturated rings. The molecule has 1 aromatic carbocycles. The fourth-order valence-corrected chi connectivity index (χ4v) is 2.26. The molecule has 0 amide bonds. The van der Waals surface area contributed by atoms with E-state index in [0.29, 0.717) is 10.7 Å². The van der Waals surface area contributed by atoms with Gasteiger partial charge in [0.1, 0.15) is 0 Å². The summed E-state index contributed by atoms with van der Waals surface area (Å²) in [4.78, 5) is 24.9. The van der Waals surface area contributed by atoms with Crippen molar-refractivity contribution in [1.29, 1.82) is 0 Å². The van der Waals surface area contributed by atoms with Gasteiger partial charge in [-0.15, -0.1) is 25.2 Å². The summed E-state index contributed by atoms with van der Waals surface area (Å²) in [7, 11) is 2.43. The lowest BCUT2D eigenvalue weighted by atomic mass is 10.1. The first kappa shape index (κ1) is 19.1. The molecule has 28 heavy (non-hydrogen) atoms. The predicted molar refractivity (Wildman–Crippen MR) is 97.8 cm³/mol. The van der Waals surface area contributed by atoms with Crippen LogP contribution in [-0.4, -0.2) is 56.6 Å². The number of esters is 2. The van der Waals surface area contributed by atoms with Gasteiger partial charge in [0.25, 0.3) is 0 Å². The molecule has 0 saturated carbocycles. The highest BCUT2D eigenvalue weighted by atomic mass is 35.5. The Morgan fingerprint density at radius 1 is 1.00 bits per heavy atom. The van der Waals surface area contributed by atoms with Crippen LogP contribution in [0.15, 0.2) is 30.3 Å². The van der Waals surface area contributed by atoms with E-state index in [-0.39, 0.29) is 22.8 Å². The molecule has 0 aliphatic carbocycles. The van der Waals surface area contributed by atoms with Gasteiger partial charge in [0.05, 0.1) is 19.9 Å². The van der Waals surface area contributed by atoms with Crippen molar-refractivity contribution in [1.82, 2.24) is 30.4 Å². The SMILES string of the molecule is COC(=O)c1cc(/C=C/c2nnn(-c3ccc(Cl)cc3)n2)c(C(=O)OC)nn1. The number of carbonyl (C=O) groups is 2. The first-order chi connectivity index (χ1) is 13.5. The van der Waals surface area contributed by atoms with Gasteiger partial charge in [-0.2, -0.15) is 0 Å². The maximum atomic E-state index is 11.9. The Morgan fingerprint density at radius 3 is 2.39 bits per heavy atom. The number of methoxy groups -OCH3 is 2. The second kappa shape index (κ2) is 8.35. The van der Waals surface area contributed by atoms with E-state index in [1.807, 2.05) is 0 Å². The van der Waals surface area contributed by atoms with Crippen LogP contribution in [0.5, 0.6) is 0 Å². The molecule has 2 aromatic heterocycles. The van der Waals surface area contributed by atoms with Gasteiger partial charge in [0.15, 0.2) is 17.2 Å². The van der Waals surface area contributed by atoms with Gasteiger partial charge >= 0.3 is 11.9 Å². The Morgan fingerprint density at radius 2 is 1.71 bits per heavy atom. The second-order valence-corrected chi connectivity index (χ2v) is 5.70. The number of benzene rings is 1. The van der Waals surface area contributed by atoms with Crippen LogP contribution in [0, 0.1) is 0 Å². The van der Waals surface area contributed by atoms with Crippen molar-refractivity contribution in [2.24, 2.45) is 0 Å². The van der Waals surface area contributed by atoms with E-state index in [4.69, 9.17) is 11.6 Å². The minimum Gasteiger partial charge on any atom is -0.464 e. The number of carbonyl (C=O) groups excluding carboxylic acids is 2. The average molecular weight is 401 g/mol. The van der Waals surface area contributed by atoms with E-state index in [0.717, 1.165) is 0 Å². The molecule has 11 heteroatoms. The van der Waals surface area contributed by atoms with Gasteiger partial charge in [-0.25, -0.2) is 9.59 Å². The van der Waals surface area contributed by atoms with E-state index in [1.54, 1.807) is 24.3 Å². The van der Waals surface area contributed by atoms with Crippen molar-refractivity contribution in [3.05, 3.63) is 58.1 Å². The minimum atomic E-state index is -0.707. The monoisotopic (exact) mass is 400 g/mol. The molecule has 0 aliphatic rings. The number of tetrazole rings is 1. The maximum absolute atomic E-state index is 11.9. The molecule has 0 unspecified atom stereocenters. The molecule has 142 valence electrons. The molecule has 0 spiro atoms. The van der Waals surface area contributed by atoms with E-state index in [9.17, 15) is 9.59 Å². The zero-order valence-electron chi connectivity index (χ0n) is 14.7. The molecule has 0 radical (unpaired) electrons. The van der Waals surface area contributed by atoms with Crippen LogP contribution in [0.4, 0.5) is 0 Å². The smallest absolute Gasteiger partial charge is 0.359 e. The third-order valence-electron chi connectivity index (χ3n) is 3.50. The first-order valence-corrected chi connectivity index (χ1v) is 8.18. The summed E-state index contributed by atoms with van der Waals surface area (Å²) in [5.74, 6) is -1.13. The topological polar surface area (TPSA) is 122 Å². The number of halogens is 1. The fraction of sp³-hybridized carbons (Fsp3) is 0.118. The average Bonchev–Trinajstić information content (AvgIpc) is 3.20. The van der Waals surface area contributed by atoms with Crippen LogP contribution < -0.4 is 0 Å². The molecule has 0 saturated heterocycles. The summed E-state index contributed by atoms with van der Waals surface area (Å²) < 4.78 is 9.29. The molecule has 0 bridgehead atoms. The van der Waals surface area contributed by atoms with Gasteiger partial charge in [0.2, 0.25) is 0 Å². The Hall–Kier alpha value is -3.66.